The molecule has 1 aromatic heterocycles. The van der Waals surface area contributed by atoms with E-state index in [9.17, 15) is 19.7 Å². The number of ether oxygens (including phenoxy) is 1. The Labute approximate surface area is 169 Å². The average Bonchev–Trinajstić information content (AvgIpc) is 2.69. The second-order valence-electron chi connectivity index (χ2n) is 6.28. The number of aromatic nitrogens is 2. The summed E-state index contributed by atoms with van der Waals surface area (Å²) in [5.74, 6) is -0.0381. The van der Waals surface area contributed by atoms with Gasteiger partial charge in [-0.1, -0.05) is 30.7 Å². The van der Waals surface area contributed by atoms with Crippen molar-refractivity contribution in [1.82, 2.24) is 9.66 Å². The molecule has 1 atom stereocenters. The molecular formula is C19H17ClN4O5. The van der Waals surface area contributed by atoms with Gasteiger partial charge in [-0.15, -0.1) is 4.68 Å². The maximum absolute atomic E-state index is 12.5. The standard InChI is InChI=1S/C19H17ClN4O5/c1-3-11(2)29-17-14(20)8-12(9-16(17)24(27)28)10-21-23-18(25)13-6-4-5-7-15(13)22-19(23)26/h4-11H,3H2,1-2H3,(H,22,26). The van der Waals surface area contributed by atoms with Crippen molar-refractivity contribution in [2.24, 2.45) is 5.10 Å². The van der Waals surface area contributed by atoms with Crippen molar-refractivity contribution in [3.05, 3.63) is 77.9 Å². The zero-order chi connectivity index (χ0) is 21.1. The van der Waals surface area contributed by atoms with Crippen LogP contribution < -0.4 is 16.0 Å². The molecule has 0 aliphatic rings. The molecule has 0 radical (unpaired) electrons. The van der Waals surface area contributed by atoms with Crippen molar-refractivity contribution in [2.45, 2.75) is 26.4 Å². The van der Waals surface area contributed by atoms with Crippen molar-refractivity contribution < 1.29 is 9.66 Å². The van der Waals surface area contributed by atoms with Crippen LogP contribution in [0.5, 0.6) is 5.75 Å². The molecule has 3 rings (SSSR count). The molecule has 0 amide bonds. The maximum atomic E-state index is 12.5. The summed E-state index contributed by atoms with van der Waals surface area (Å²) in [5, 5.41) is 15.6. The molecule has 1 unspecified atom stereocenters. The number of benzene rings is 2. The van der Waals surface area contributed by atoms with Gasteiger partial charge < -0.3 is 9.72 Å². The summed E-state index contributed by atoms with van der Waals surface area (Å²) < 4.78 is 6.21. The molecule has 1 heterocycles. The SMILES string of the molecule is CCC(C)Oc1c(Cl)cc(C=Nn2c(=O)[nH]c3ccccc3c2=O)cc1[N+](=O)[O-]. The highest BCUT2D eigenvalue weighted by molar-refractivity contribution is 6.32. The first-order valence-electron chi connectivity index (χ1n) is 8.74. The molecule has 0 aliphatic carbocycles. The van der Waals surface area contributed by atoms with Gasteiger partial charge in [0.25, 0.3) is 5.56 Å². The molecule has 0 aliphatic heterocycles. The van der Waals surface area contributed by atoms with Crippen molar-refractivity contribution in [2.75, 3.05) is 0 Å². The van der Waals surface area contributed by atoms with E-state index in [4.69, 9.17) is 16.3 Å². The van der Waals surface area contributed by atoms with E-state index in [1.54, 1.807) is 31.2 Å². The molecule has 0 saturated heterocycles. The first-order valence-corrected chi connectivity index (χ1v) is 9.12. The van der Waals surface area contributed by atoms with Gasteiger partial charge in [-0.2, -0.15) is 5.10 Å². The highest BCUT2D eigenvalue weighted by Gasteiger charge is 2.22. The van der Waals surface area contributed by atoms with E-state index in [0.717, 1.165) is 6.21 Å². The zero-order valence-corrected chi connectivity index (χ0v) is 16.3. The molecule has 0 saturated carbocycles. The van der Waals surface area contributed by atoms with Gasteiger partial charge in [0.15, 0.2) is 0 Å². The first-order chi connectivity index (χ1) is 13.8. The Kier molecular flexibility index (Phi) is 5.79. The van der Waals surface area contributed by atoms with Crippen LogP contribution >= 0.6 is 11.6 Å². The summed E-state index contributed by atoms with van der Waals surface area (Å²) >= 11 is 6.17. The summed E-state index contributed by atoms with van der Waals surface area (Å²) in [6, 6.07) is 9.14. The van der Waals surface area contributed by atoms with Crippen molar-refractivity contribution in [1.29, 1.82) is 0 Å². The second-order valence-corrected chi connectivity index (χ2v) is 6.69. The fraction of sp³-hybridized carbons (Fsp3) is 0.211. The van der Waals surface area contributed by atoms with Crippen LogP contribution in [0.25, 0.3) is 10.9 Å². The number of H-pyrrole nitrogens is 1. The number of nitrogens with zero attached hydrogens (tertiary/aromatic N) is 3. The molecule has 0 spiro atoms. The van der Waals surface area contributed by atoms with Crippen LogP contribution in [0.2, 0.25) is 5.02 Å². The predicted molar refractivity (Wildman–Crippen MR) is 110 cm³/mol. The van der Waals surface area contributed by atoms with Gasteiger partial charge in [-0.3, -0.25) is 14.9 Å². The largest absolute Gasteiger partial charge is 0.483 e. The van der Waals surface area contributed by atoms with Gasteiger partial charge in [0.05, 0.1) is 33.2 Å². The van der Waals surface area contributed by atoms with Crippen molar-refractivity contribution >= 4 is 34.4 Å². The Hall–Kier alpha value is -3.46. The quantitative estimate of drug-likeness (QED) is 0.375. The minimum atomic E-state index is -0.734. The van der Waals surface area contributed by atoms with Crippen molar-refractivity contribution in [3.63, 3.8) is 0 Å². The van der Waals surface area contributed by atoms with E-state index in [1.807, 2.05) is 6.92 Å². The lowest BCUT2D eigenvalue weighted by molar-refractivity contribution is -0.386. The van der Waals surface area contributed by atoms with E-state index in [-0.39, 0.29) is 33.5 Å². The number of halogens is 1. The average molecular weight is 417 g/mol. The zero-order valence-electron chi connectivity index (χ0n) is 15.6. The van der Waals surface area contributed by atoms with Gasteiger partial charge in [-0.05, 0) is 31.5 Å². The number of nitro benzene ring substituents is 1. The third-order valence-electron chi connectivity index (χ3n) is 4.24. The first kappa shape index (κ1) is 20.3. The smallest absolute Gasteiger partial charge is 0.349 e. The number of aromatic amines is 1. The van der Waals surface area contributed by atoms with E-state index in [0.29, 0.717) is 16.6 Å². The third-order valence-corrected chi connectivity index (χ3v) is 4.52. The molecule has 150 valence electrons. The maximum Gasteiger partial charge on any atom is 0.349 e. The molecule has 0 fully saturated rings. The lowest BCUT2D eigenvalue weighted by Gasteiger charge is -2.14. The minimum absolute atomic E-state index is 0.0284. The van der Waals surface area contributed by atoms with Gasteiger partial charge >= 0.3 is 11.4 Å². The number of para-hydroxylation sites is 1. The van der Waals surface area contributed by atoms with Gasteiger partial charge in [0, 0.05) is 11.6 Å². The van der Waals surface area contributed by atoms with Crippen LogP contribution in [0.3, 0.4) is 0 Å². The van der Waals surface area contributed by atoms with Crippen LogP contribution in [0.15, 0.2) is 51.1 Å². The number of hydrogen-bond donors (Lipinski definition) is 1. The molecule has 0 bridgehead atoms. The minimum Gasteiger partial charge on any atom is -0.483 e. The van der Waals surface area contributed by atoms with Crippen LogP contribution in [-0.4, -0.2) is 26.9 Å². The van der Waals surface area contributed by atoms with Gasteiger partial charge in [0.2, 0.25) is 5.75 Å². The number of fused-ring (bicyclic) bond motifs is 1. The summed E-state index contributed by atoms with van der Waals surface area (Å²) in [6.45, 7) is 3.65. The Balaban J connectivity index is 2.06. The number of hydrogen-bond acceptors (Lipinski definition) is 6. The number of nitro groups is 1. The van der Waals surface area contributed by atoms with Crippen LogP contribution in [0.4, 0.5) is 5.69 Å². The monoisotopic (exact) mass is 416 g/mol. The summed E-state index contributed by atoms with van der Waals surface area (Å²) in [7, 11) is 0. The summed E-state index contributed by atoms with van der Waals surface area (Å²) in [4.78, 5) is 38.0. The Bertz CT molecular complexity index is 1230. The molecular weight excluding hydrogens is 400 g/mol. The topological polar surface area (TPSA) is 120 Å². The number of nitrogens with one attached hydrogen (secondary N) is 1. The fourth-order valence-corrected chi connectivity index (χ4v) is 2.86. The molecule has 3 aromatic rings. The van der Waals surface area contributed by atoms with Gasteiger partial charge in [0.1, 0.15) is 0 Å². The van der Waals surface area contributed by atoms with Crippen molar-refractivity contribution in [3.8, 4) is 5.75 Å². The summed E-state index contributed by atoms with van der Waals surface area (Å²) in [5.41, 5.74) is -1.06. The Morgan fingerprint density at radius 3 is 2.76 bits per heavy atom. The molecule has 2 aromatic carbocycles. The normalized spacial score (nSPS) is 12.4. The van der Waals surface area contributed by atoms with Crippen LogP contribution in [-0.2, 0) is 0 Å². The molecule has 29 heavy (non-hydrogen) atoms. The highest BCUT2D eigenvalue weighted by atomic mass is 35.5. The van der Waals surface area contributed by atoms with Crippen LogP contribution in [0.1, 0.15) is 25.8 Å². The van der Waals surface area contributed by atoms with E-state index >= 15 is 0 Å². The van der Waals surface area contributed by atoms with E-state index in [2.05, 4.69) is 10.1 Å². The van der Waals surface area contributed by atoms with Crippen LogP contribution in [0, 0.1) is 10.1 Å². The Morgan fingerprint density at radius 1 is 1.34 bits per heavy atom. The second kappa shape index (κ2) is 8.27. The molecule has 1 N–H and O–H groups in total. The Morgan fingerprint density at radius 2 is 2.07 bits per heavy atom. The number of rotatable bonds is 6. The molecule has 9 nitrogen and oxygen atoms in total. The lowest BCUT2D eigenvalue weighted by atomic mass is 10.2. The van der Waals surface area contributed by atoms with E-state index < -0.39 is 16.2 Å². The highest BCUT2D eigenvalue weighted by Crippen LogP contribution is 2.36. The van der Waals surface area contributed by atoms with E-state index in [1.165, 1.54) is 12.1 Å². The predicted octanol–water partition coefficient (Wildman–Crippen LogP) is 3.31. The summed E-state index contributed by atoms with van der Waals surface area (Å²) in [6.07, 6.45) is 1.53. The molecule has 10 heteroatoms. The lowest BCUT2D eigenvalue weighted by Crippen LogP contribution is -2.32. The van der Waals surface area contributed by atoms with Gasteiger partial charge in [-0.25, -0.2) is 4.79 Å². The third kappa shape index (κ3) is 4.19. The fourth-order valence-electron chi connectivity index (χ4n) is 2.59.